The molecule has 0 aliphatic carbocycles. The van der Waals surface area contributed by atoms with E-state index in [-0.39, 0.29) is 5.82 Å². The Morgan fingerprint density at radius 2 is 1.47 bits per heavy atom. The first-order chi connectivity index (χ1) is 7.20. The molecule has 0 saturated heterocycles. The van der Waals surface area contributed by atoms with Gasteiger partial charge >= 0.3 is 0 Å². The van der Waals surface area contributed by atoms with E-state index in [1.807, 2.05) is 44.2 Å². The molecule has 0 aliphatic heterocycles. The Balaban J connectivity index is 2.65. The van der Waals surface area contributed by atoms with Crippen LogP contribution in [0.5, 0.6) is 0 Å². The lowest BCUT2D eigenvalue weighted by atomic mass is 9.97. The van der Waals surface area contributed by atoms with Crippen LogP contribution in [0, 0.1) is 19.7 Å². The Labute approximate surface area is 89.4 Å². The normalized spacial score (nSPS) is 10.3. The molecule has 0 amide bonds. The molecule has 2 rings (SSSR count). The average molecular weight is 200 g/mol. The molecule has 0 bridgehead atoms. The lowest BCUT2D eigenvalue weighted by Gasteiger charge is -2.09. The van der Waals surface area contributed by atoms with Crippen molar-refractivity contribution in [1.82, 2.24) is 0 Å². The minimum absolute atomic E-state index is 0.161. The van der Waals surface area contributed by atoms with Crippen LogP contribution in [0.3, 0.4) is 0 Å². The fourth-order valence-electron chi connectivity index (χ4n) is 1.72. The lowest BCUT2D eigenvalue weighted by Crippen LogP contribution is -1.89. The maximum atomic E-state index is 13.6. The first-order valence-corrected chi connectivity index (χ1v) is 5.01. The number of halogens is 1. The summed E-state index contributed by atoms with van der Waals surface area (Å²) in [6.07, 6.45) is 0. The smallest absolute Gasteiger partial charge is 0.131 e. The van der Waals surface area contributed by atoms with Gasteiger partial charge in [0.15, 0.2) is 0 Å². The van der Waals surface area contributed by atoms with E-state index in [1.54, 1.807) is 6.07 Å². The topological polar surface area (TPSA) is 0 Å². The minimum atomic E-state index is -0.161. The standard InChI is InChI=1S/C14H13F/c1-10-6-5-8-12(11(10)2)13-7-3-4-9-14(13)15/h3-9H,1-2H3. The molecule has 0 fully saturated rings. The van der Waals surface area contributed by atoms with Crippen LogP contribution in [-0.2, 0) is 0 Å². The van der Waals surface area contributed by atoms with Crippen molar-refractivity contribution in [2.75, 3.05) is 0 Å². The van der Waals surface area contributed by atoms with E-state index in [0.29, 0.717) is 5.56 Å². The zero-order chi connectivity index (χ0) is 10.8. The van der Waals surface area contributed by atoms with Crippen molar-refractivity contribution < 1.29 is 4.39 Å². The second-order valence-electron chi connectivity index (χ2n) is 3.73. The summed E-state index contributed by atoms with van der Waals surface area (Å²) in [6.45, 7) is 4.07. The van der Waals surface area contributed by atoms with Gasteiger partial charge in [0, 0.05) is 5.56 Å². The molecule has 0 spiro atoms. The molecule has 0 aromatic heterocycles. The summed E-state index contributed by atoms with van der Waals surface area (Å²) >= 11 is 0. The Hall–Kier alpha value is -1.63. The monoisotopic (exact) mass is 200 g/mol. The van der Waals surface area contributed by atoms with E-state index in [1.165, 1.54) is 11.6 Å². The van der Waals surface area contributed by atoms with Crippen LogP contribution in [0.25, 0.3) is 11.1 Å². The summed E-state index contributed by atoms with van der Waals surface area (Å²) in [5.74, 6) is -0.161. The molecule has 0 atom stereocenters. The third kappa shape index (κ3) is 1.78. The van der Waals surface area contributed by atoms with Crippen molar-refractivity contribution in [3.8, 4) is 11.1 Å². The van der Waals surface area contributed by atoms with Gasteiger partial charge in [0.05, 0.1) is 0 Å². The molecule has 0 nitrogen and oxygen atoms in total. The van der Waals surface area contributed by atoms with Gasteiger partial charge in [-0.15, -0.1) is 0 Å². The summed E-state index contributed by atoms with van der Waals surface area (Å²) in [6, 6.07) is 12.9. The average Bonchev–Trinajstić information content (AvgIpc) is 2.23. The van der Waals surface area contributed by atoms with Gasteiger partial charge in [-0.05, 0) is 36.6 Å². The largest absolute Gasteiger partial charge is 0.206 e. The third-order valence-corrected chi connectivity index (χ3v) is 2.77. The van der Waals surface area contributed by atoms with Gasteiger partial charge in [-0.2, -0.15) is 0 Å². The van der Waals surface area contributed by atoms with Gasteiger partial charge in [-0.3, -0.25) is 0 Å². The number of hydrogen-bond donors (Lipinski definition) is 0. The Morgan fingerprint density at radius 1 is 0.800 bits per heavy atom. The Bertz CT molecular complexity index is 486. The third-order valence-electron chi connectivity index (χ3n) is 2.77. The maximum Gasteiger partial charge on any atom is 0.131 e. The molecule has 0 unspecified atom stereocenters. The van der Waals surface area contributed by atoms with Crippen LogP contribution in [0.2, 0.25) is 0 Å². The van der Waals surface area contributed by atoms with Crippen LogP contribution in [0.15, 0.2) is 42.5 Å². The molecule has 2 aromatic rings. The molecule has 1 heteroatoms. The van der Waals surface area contributed by atoms with E-state index in [2.05, 4.69) is 0 Å². The van der Waals surface area contributed by atoms with Crippen molar-refractivity contribution in [2.45, 2.75) is 13.8 Å². The van der Waals surface area contributed by atoms with Crippen molar-refractivity contribution in [3.05, 3.63) is 59.4 Å². The van der Waals surface area contributed by atoms with E-state index >= 15 is 0 Å². The van der Waals surface area contributed by atoms with E-state index < -0.39 is 0 Å². The highest BCUT2D eigenvalue weighted by Gasteiger charge is 2.07. The second-order valence-corrected chi connectivity index (χ2v) is 3.73. The molecule has 2 aromatic carbocycles. The van der Waals surface area contributed by atoms with Gasteiger partial charge in [-0.1, -0.05) is 36.4 Å². The zero-order valence-corrected chi connectivity index (χ0v) is 8.92. The van der Waals surface area contributed by atoms with Gasteiger partial charge in [-0.25, -0.2) is 4.39 Å². The van der Waals surface area contributed by atoms with E-state index in [0.717, 1.165) is 11.1 Å². The number of benzene rings is 2. The predicted molar refractivity (Wildman–Crippen MR) is 61.3 cm³/mol. The van der Waals surface area contributed by atoms with Gasteiger partial charge < -0.3 is 0 Å². The molecule has 15 heavy (non-hydrogen) atoms. The first-order valence-electron chi connectivity index (χ1n) is 5.01. The number of rotatable bonds is 1. The fraction of sp³-hybridized carbons (Fsp3) is 0.143. The maximum absolute atomic E-state index is 13.6. The summed E-state index contributed by atoms with van der Waals surface area (Å²) in [4.78, 5) is 0. The quantitative estimate of drug-likeness (QED) is 0.649. The zero-order valence-electron chi connectivity index (χ0n) is 8.92. The predicted octanol–water partition coefficient (Wildman–Crippen LogP) is 4.11. The SMILES string of the molecule is Cc1cccc(-c2ccccc2F)c1C. The van der Waals surface area contributed by atoms with Crippen LogP contribution >= 0.6 is 0 Å². The molecule has 0 saturated carbocycles. The summed E-state index contributed by atoms with van der Waals surface area (Å²) in [5, 5.41) is 0. The van der Waals surface area contributed by atoms with Crippen molar-refractivity contribution in [3.63, 3.8) is 0 Å². The van der Waals surface area contributed by atoms with Crippen LogP contribution in [-0.4, -0.2) is 0 Å². The van der Waals surface area contributed by atoms with Crippen molar-refractivity contribution in [2.24, 2.45) is 0 Å². The Morgan fingerprint density at radius 3 is 2.20 bits per heavy atom. The highest BCUT2D eigenvalue weighted by molar-refractivity contribution is 5.68. The molecular formula is C14H13F. The minimum Gasteiger partial charge on any atom is -0.206 e. The first kappa shape index (κ1) is 9.91. The fourth-order valence-corrected chi connectivity index (χ4v) is 1.72. The van der Waals surface area contributed by atoms with Crippen LogP contribution < -0.4 is 0 Å². The van der Waals surface area contributed by atoms with Crippen LogP contribution in [0.4, 0.5) is 4.39 Å². The highest BCUT2D eigenvalue weighted by Crippen LogP contribution is 2.27. The van der Waals surface area contributed by atoms with Gasteiger partial charge in [0.1, 0.15) is 5.82 Å². The number of hydrogen-bond acceptors (Lipinski definition) is 0. The molecule has 0 N–H and O–H groups in total. The molecule has 0 heterocycles. The molecular weight excluding hydrogens is 187 g/mol. The molecule has 76 valence electrons. The van der Waals surface area contributed by atoms with E-state index in [4.69, 9.17) is 0 Å². The number of aryl methyl sites for hydroxylation is 1. The molecule has 0 radical (unpaired) electrons. The Kier molecular flexibility index (Phi) is 2.55. The van der Waals surface area contributed by atoms with Crippen molar-refractivity contribution in [1.29, 1.82) is 0 Å². The van der Waals surface area contributed by atoms with Gasteiger partial charge in [0.2, 0.25) is 0 Å². The summed E-state index contributed by atoms with van der Waals surface area (Å²) in [7, 11) is 0. The second kappa shape index (κ2) is 3.85. The van der Waals surface area contributed by atoms with E-state index in [9.17, 15) is 4.39 Å². The summed E-state index contributed by atoms with van der Waals surface area (Å²) in [5.41, 5.74) is 3.99. The van der Waals surface area contributed by atoms with Gasteiger partial charge in [0.25, 0.3) is 0 Å². The van der Waals surface area contributed by atoms with Crippen molar-refractivity contribution >= 4 is 0 Å². The lowest BCUT2D eigenvalue weighted by molar-refractivity contribution is 0.631. The van der Waals surface area contributed by atoms with Crippen LogP contribution in [0.1, 0.15) is 11.1 Å². The highest BCUT2D eigenvalue weighted by atomic mass is 19.1. The summed E-state index contributed by atoms with van der Waals surface area (Å²) < 4.78 is 13.6. The molecule has 0 aliphatic rings.